The van der Waals surface area contributed by atoms with Crippen LogP contribution in [-0.4, -0.2) is 40.6 Å². The summed E-state index contributed by atoms with van der Waals surface area (Å²) in [4.78, 5) is 11.4. The number of halogens is 1. The van der Waals surface area contributed by atoms with E-state index in [1.165, 1.54) is 25.3 Å². The number of piperidine rings is 1. The average Bonchev–Trinajstić information content (AvgIpc) is 2.47. The highest BCUT2D eigenvalue weighted by molar-refractivity contribution is 7.89. The predicted octanol–water partition coefficient (Wildman–Crippen LogP) is 0.246. The van der Waals surface area contributed by atoms with Gasteiger partial charge in [0.05, 0.1) is 17.6 Å². The molecule has 1 aromatic rings. The summed E-state index contributed by atoms with van der Waals surface area (Å²) in [5, 5.41) is 3.17. The fraction of sp³-hybridized carbons (Fsp3) is 0.462. The minimum Gasteiger partial charge on any atom is -0.496 e. The minimum absolute atomic E-state index is 0. The molecule has 2 rings (SSSR count). The van der Waals surface area contributed by atoms with Crippen molar-refractivity contribution in [2.45, 2.75) is 23.8 Å². The molecule has 0 saturated carbocycles. The summed E-state index contributed by atoms with van der Waals surface area (Å²) < 4.78 is 32.4. The average molecular weight is 350 g/mol. The molecule has 1 amide bonds. The van der Waals surface area contributed by atoms with Crippen LogP contribution in [0.15, 0.2) is 23.1 Å². The number of primary amides is 1. The van der Waals surface area contributed by atoms with Gasteiger partial charge in [-0.2, -0.15) is 0 Å². The van der Waals surface area contributed by atoms with Crippen LogP contribution in [0.1, 0.15) is 23.2 Å². The first-order chi connectivity index (χ1) is 9.94. The van der Waals surface area contributed by atoms with Gasteiger partial charge in [0, 0.05) is 6.04 Å². The van der Waals surface area contributed by atoms with Crippen molar-refractivity contribution >= 4 is 28.3 Å². The molecule has 0 radical (unpaired) electrons. The van der Waals surface area contributed by atoms with Crippen LogP contribution in [0.3, 0.4) is 0 Å². The lowest BCUT2D eigenvalue weighted by Crippen LogP contribution is -2.42. The number of benzene rings is 1. The Labute approximate surface area is 136 Å². The van der Waals surface area contributed by atoms with Crippen molar-refractivity contribution in [1.82, 2.24) is 10.0 Å². The number of amides is 1. The highest BCUT2D eigenvalue weighted by Crippen LogP contribution is 2.22. The van der Waals surface area contributed by atoms with Crippen LogP contribution in [-0.2, 0) is 10.0 Å². The highest BCUT2D eigenvalue weighted by Gasteiger charge is 2.23. The van der Waals surface area contributed by atoms with E-state index in [-0.39, 0.29) is 34.7 Å². The van der Waals surface area contributed by atoms with Crippen molar-refractivity contribution in [2.75, 3.05) is 20.2 Å². The monoisotopic (exact) mass is 349 g/mol. The van der Waals surface area contributed by atoms with Crippen LogP contribution in [0.2, 0.25) is 0 Å². The fourth-order valence-electron chi connectivity index (χ4n) is 2.27. The lowest BCUT2D eigenvalue weighted by Gasteiger charge is -2.23. The second kappa shape index (κ2) is 7.77. The van der Waals surface area contributed by atoms with Crippen molar-refractivity contribution in [3.05, 3.63) is 23.8 Å². The van der Waals surface area contributed by atoms with E-state index in [4.69, 9.17) is 10.5 Å². The first-order valence-corrected chi connectivity index (χ1v) is 8.13. The summed E-state index contributed by atoms with van der Waals surface area (Å²) in [7, 11) is -2.29. The number of carbonyl (C=O) groups excluding carboxylic acids is 1. The van der Waals surface area contributed by atoms with Gasteiger partial charge in [-0.05, 0) is 44.1 Å². The third-order valence-electron chi connectivity index (χ3n) is 3.41. The molecule has 1 heterocycles. The van der Waals surface area contributed by atoms with Gasteiger partial charge in [0.2, 0.25) is 10.0 Å². The van der Waals surface area contributed by atoms with Crippen LogP contribution in [0.4, 0.5) is 0 Å². The summed E-state index contributed by atoms with van der Waals surface area (Å²) in [5.41, 5.74) is 5.29. The van der Waals surface area contributed by atoms with Crippen LogP contribution in [0.5, 0.6) is 5.75 Å². The number of nitrogens with two attached hydrogens (primary N) is 1. The Kier molecular flexibility index (Phi) is 6.61. The largest absolute Gasteiger partial charge is 0.496 e. The van der Waals surface area contributed by atoms with E-state index in [1.54, 1.807) is 0 Å². The zero-order valence-electron chi connectivity index (χ0n) is 12.2. The van der Waals surface area contributed by atoms with E-state index in [9.17, 15) is 13.2 Å². The second-order valence-corrected chi connectivity index (χ2v) is 6.59. The molecular weight excluding hydrogens is 330 g/mol. The molecule has 1 fully saturated rings. The van der Waals surface area contributed by atoms with E-state index in [0.29, 0.717) is 0 Å². The molecule has 124 valence electrons. The van der Waals surface area contributed by atoms with Crippen LogP contribution in [0, 0.1) is 0 Å². The molecule has 0 spiro atoms. The molecule has 1 saturated heterocycles. The predicted molar refractivity (Wildman–Crippen MR) is 85.0 cm³/mol. The van der Waals surface area contributed by atoms with Gasteiger partial charge in [-0.25, -0.2) is 13.1 Å². The first kappa shape index (κ1) is 18.7. The number of hydrogen-bond donors (Lipinski definition) is 3. The standard InChI is InChI=1S/C13H19N3O4S.ClH/c1-20-12-3-2-10(8-11(12)13(14)17)21(18,19)16-9-4-6-15-7-5-9;/h2-3,8-9,15-16H,4-7H2,1H3,(H2,14,17);1H. The number of methoxy groups -OCH3 is 1. The molecule has 4 N–H and O–H groups in total. The molecular formula is C13H20ClN3O4S. The van der Waals surface area contributed by atoms with Gasteiger partial charge >= 0.3 is 0 Å². The smallest absolute Gasteiger partial charge is 0.252 e. The zero-order chi connectivity index (χ0) is 15.5. The van der Waals surface area contributed by atoms with E-state index in [0.717, 1.165) is 25.9 Å². The fourth-order valence-corrected chi connectivity index (χ4v) is 3.60. The van der Waals surface area contributed by atoms with Gasteiger partial charge in [-0.1, -0.05) is 0 Å². The van der Waals surface area contributed by atoms with E-state index in [1.807, 2.05) is 0 Å². The molecule has 0 aliphatic carbocycles. The Balaban J connectivity index is 0.00000242. The molecule has 9 heteroatoms. The van der Waals surface area contributed by atoms with E-state index < -0.39 is 15.9 Å². The maximum atomic E-state index is 12.4. The Bertz CT molecular complexity index is 630. The molecule has 0 bridgehead atoms. The number of rotatable bonds is 5. The van der Waals surface area contributed by atoms with Crippen LogP contribution < -0.4 is 20.5 Å². The third-order valence-corrected chi connectivity index (χ3v) is 4.93. The SMILES string of the molecule is COc1ccc(S(=O)(=O)NC2CCNCC2)cc1C(N)=O.Cl. The number of nitrogens with one attached hydrogen (secondary N) is 2. The lowest BCUT2D eigenvalue weighted by molar-refractivity contribution is 0.0997. The zero-order valence-corrected chi connectivity index (χ0v) is 13.8. The molecule has 0 aromatic heterocycles. The van der Waals surface area contributed by atoms with Crippen molar-refractivity contribution in [2.24, 2.45) is 5.73 Å². The molecule has 0 unspecified atom stereocenters. The Morgan fingerprint density at radius 1 is 1.36 bits per heavy atom. The van der Waals surface area contributed by atoms with Gasteiger partial charge < -0.3 is 15.8 Å². The number of hydrogen-bond acceptors (Lipinski definition) is 5. The third kappa shape index (κ3) is 4.33. The van der Waals surface area contributed by atoms with Gasteiger partial charge in [0.15, 0.2) is 0 Å². The minimum atomic E-state index is -3.68. The summed E-state index contributed by atoms with van der Waals surface area (Å²) in [6, 6.07) is 3.96. The summed E-state index contributed by atoms with van der Waals surface area (Å²) in [6.07, 6.45) is 1.47. The maximum absolute atomic E-state index is 12.4. The maximum Gasteiger partial charge on any atom is 0.252 e. The summed E-state index contributed by atoms with van der Waals surface area (Å²) in [5.74, 6) is -0.478. The number of carbonyl (C=O) groups is 1. The van der Waals surface area contributed by atoms with E-state index >= 15 is 0 Å². The molecule has 22 heavy (non-hydrogen) atoms. The molecule has 1 aliphatic rings. The van der Waals surface area contributed by atoms with Crippen molar-refractivity contribution in [3.63, 3.8) is 0 Å². The van der Waals surface area contributed by atoms with E-state index in [2.05, 4.69) is 10.0 Å². The Morgan fingerprint density at radius 3 is 2.55 bits per heavy atom. The highest BCUT2D eigenvalue weighted by atomic mass is 35.5. The molecule has 1 aliphatic heterocycles. The second-order valence-electron chi connectivity index (χ2n) is 4.87. The van der Waals surface area contributed by atoms with Crippen LogP contribution >= 0.6 is 12.4 Å². The quantitative estimate of drug-likeness (QED) is 0.705. The number of sulfonamides is 1. The summed E-state index contributed by atoms with van der Waals surface area (Å²) in [6.45, 7) is 1.56. The van der Waals surface area contributed by atoms with Crippen molar-refractivity contribution in [3.8, 4) is 5.75 Å². The van der Waals surface area contributed by atoms with Crippen molar-refractivity contribution in [1.29, 1.82) is 0 Å². The van der Waals surface area contributed by atoms with Gasteiger partial charge in [0.1, 0.15) is 5.75 Å². The normalized spacial score (nSPS) is 15.9. The summed E-state index contributed by atoms with van der Waals surface area (Å²) >= 11 is 0. The molecule has 1 aromatic carbocycles. The number of ether oxygens (including phenoxy) is 1. The van der Waals surface area contributed by atoms with Gasteiger partial charge in [-0.3, -0.25) is 4.79 Å². The Morgan fingerprint density at radius 2 is 2.00 bits per heavy atom. The van der Waals surface area contributed by atoms with Gasteiger partial charge in [0.25, 0.3) is 5.91 Å². The lowest BCUT2D eigenvalue weighted by atomic mass is 10.1. The molecule has 7 nitrogen and oxygen atoms in total. The topological polar surface area (TPSA) is 111 Å². The van der Waals surface area contributed by atoms with Gasteiger partial charge in [-0.15, -0.1) is 12.4 Å². The molecule has 0 atom stereocenters. The Hall–Kier alpha value is -1.35. The van der Waals surface area contributed by atoms with Crippen molar-refractivity contribution < 1.29 is 17.9 Å². The van der Waals surface area contributed by atoms with Crippen LogP contribution in [0.25, 0.3) is 0 Å². The first-order valence-electron chi connectivity index (χ1n) is 6.65.